The van der Waals surface area contributed by atoms with Gasteiger partial charge in [-0.25, -0.2) is 9.78 Å². The van der Waals surface area contributed by atoms with E-state index in [2.05, 4.69) is 21.3 Å². The Morgan fingerprint density at radius 3 is 2.81 bits per heavy atom. The van der Waals surface area contributed by atoms with Gasteiger partial charge in [0, 0.05) is 37.3 Å². The summed E-state index contributed by atoms with van der Waals surface area (Å²) in [4.78, 5) is 22.2. The molecule has 0 unspecified atom stereocenters. The lowest BCUT2D eigenvalue weighted by Gasteiger charge is -2.28. The molecular weight excluding hydrogens is 368 g/mol. The van der Waals surface area contributed by atoms with Gasteiger partial charge in [-0.1, -0.05) is 11.6 Å². The summed E-state index contributed by atoms with van der Waals surface area (Å²) in [5.41, 5.74) is 1.07. The van der Waals surface area contributed by atoms with E-state index in [-0.39, 0.29) is 6.03 Å². The zero-order valence-corrected chi connectivity index (χ0v) is 16.7. The van der Waals surface area contributed by atoms with Crippen molar-refractivity contribution in [2.75, 3.05) is 24.5 Å². The Hall–Kier alpha value is -1.79. The maximum atomic E-state index is 12.5. The van der Waals surface area contributed by atoms with E-state index in [0.717, 1.165) is 33.7 Å². The molecule has 1 aliphatic rings. The summed E-state index contributed by atoms with van der Waals surface area (Å²) in [6.45, 7) is 5.84. The fraction of sp³-hybridized carbons (Fsp3) is 0.474. The highest BCUT2D eigenvalue weighted by molar-refractivity contribution is 7.16. The monoisotopic (exact) mass is 392 g/mol. The standard InChI is InChI=1S/C19H25ClN4OS/c1-2-23(14-16-6-7-17(20)26-16)19(25)22-13-15-8-9-21-18(12-15)24-10-4-3-5-11-24/h6-9,12H,2-5,10-11,13-14H2,1H3,(H,22,25). The number of carbonyl (C=O) groups is 1. The van der Waals surface area contributed by atoms with Crippen LogP contribution >= 0.6 is 22.9 Å². The van der Waals surface area contributed by atoms with Crippen molar-refractivity contribution in [3.05, 3.63) is 45.2 Å². The van der Waals surface area contributed by atoms with Crippen LogP contribution in [-0.4, -0.2) is 35.5 Å². The van der Waals surface area contributed by atoms with E-state index in [9.17, 15) is 4.79 Å². The van der Waals surface area contributed by atoms with Gasteiger partial charge in [0.1, 0.15) is 5.82 Å². The number of rotatable bonds is 6. The van der Waals surface area contributed by atoms with Gasteiger partial charge in [0.15, 0.2) is 0 Å². The number of nitrogens with one attached hydrogen (secondary N) is 1. The topological polar surface area (TPSA) is 48.5 Å². The molecule has 0 saturated carbocycles. The zero-order valence-electron chi connectivity index (χ0n) is 15.1. The summed E-state index contributed by atoms with van der Waals surface area (Å²) in [6, 6.07) is 7.82. The summed E-state index contributed by atoms with van der Waals surface area (Å²) in [6.07, 6.45) is 5.58. The molecule has 0 atom stereocenters. The molecule has 1 N–H and O–H groups in total. The smallest absolute Gasteiger partial charge is 0.317 e. The first kappa shape index (κ1) is 19.0. The minimum atomic E-state index is -0.0617. The van der Waals surface area contributed by atoms with Gasteiger partial charge >= 0.3 is 6.03 Å². The van der Waals surface area contributed by atoms with Gasteiger partial charge in [-0.2, -0.15) is 0 Å². The average molecular weight is 393 g/mol. The number of hydrogen-bond donors (Lipinski definition) is 1. The van der Waals surface area contributed by atoms with E-state index in [1.165, 1.54) is 30.6 Å². The largest absolute Gasteiger partial charge is 0.357 e. The second-order valence-corrected chi connectivity index (χ2v) is 8.25. The molecule has 3 heterocycles. The van der Waals surface area contributed by atoms with Gasteiger partial charge in [-0.05, 0) is 56.0 Å². The van der Waals surface area contributed by atoms with Crippen molar-refractivity contribution in [3.8, 4) is 0 Å². The van der Waals surface area contributed by atoms with Crippen LogP contribution in [0.5, 0.6) is 0 Å². The van der Waals surface area contributed by atoms with E-state index in [4.69, 9.17) is 11.6 Å². The van der Waals surface area contributed by atoms with Crippen LogP contribution in [-0.2, 0) is 13.1 Å². The number of thiophene rings is 1. The summed E-state index contributed by atoms with van der Waals surface area (Å²) >= 11 is 7.49. The lowest BCUT2D eigenvalue weighted by molar-refractivity contribution is 0.198. The lowest BCUT2D eigenvalue weighted by atomic mass is 10.1. The molecule has 0 spiro atoms. The van der Waals surface area contributed by atoms with Crippen molar-refractivity contribution >= 4 is 34.8 Å². The highest BCUT2D eigenvalue weighted by atomic mass is 35.5. The van der Waals surface area contributed by atoms with Crippen molar-refractivity contribution in [2.24, 2.45) is 0 Å². The van der Waals surface area contributed by atoms with Gasteiger partial charge in [-0.15, -0.1) is 11.3 Å². The fourth-order valence-corrected chi connectivity index (χ4v) is 4.21. The Labute approximate surface area is 164 Å². The van der Waals surface area contributed by atoms with Crippen LogP contribution in [0.4, 0.5) is 10.6 Å². The minimum Gasteiger partial charge on any atom is -0.357 e. The lowest BCUT2D eigenvalue weighted by Crippen LogP contribution is -2.38. The van der Waals surface area contributed by atoms with Gasteiger partial charge in [-0.3, -0.25) is 0 Å². The first-order chi connectivity index (χ1) is 12.7. The molecule has 1 aliphatic heterocycles. The molecule has 3 rings (SSSR count). The van der Waals surface area contributed by atoms with Crippen molar-refractivity contribution in [3.63, 3.8) is 0 Å². The molecule has 0 bridgehead atoms. The molecule has 2 aromatic rings. The highest BCUT2D eigenvalue weighted by Crippen LogP contribution is 2.23. The predicted octanol–water partition coefficient (Wildman–Crippen LogP) is 4.52. The Morgan fingerprint density at radius 2 is 2.12 bits per heavy atom. The van der Waals surface area contributed by atoms with Crippen LogP contribution in [0.25, 0.3) is 0 Å². The van der Waals surface area contributed by atoms with E-state index in [0.29, 0.717) is 19.6 Å². The van der Waals surface area contributed by atoms with Gasteiger partial charge in [0.05, 0.1) is 10.9 Å². The maximum absolute atomic E-state index is 12.5. The van der Waals surface area contributed by atoms with E-state index >= 15 is 0 Å². The number of halogens is 1. The van der Waals surface area contributed by atoms with Crippen molar-refractivity contribution in [2.45, 2.75) is 39.3 Å². The molecule has 26 heavy (non-hydrogen) atoms. The number of carbonyl (C=O) groups excluding carboxylic acids is 1. The molecule has 1 fully saturated rings. The Kier molecular flexibility index (Phi) is 6.74. The molecule has 7 heteroatoms. The fourth-order valence-electron chi connectivity index (χ4n) is 3.11. The second kappa shape index (κ2) is 9.24. The summed E-state index contributed by atoms with van der Waals surface area (Å²) in [5.74, 6) is 1.01. The van der Waals surface area contributed by atoms with Crippen LogP contribution < -0.4 is 10.2 Å². The molecule has 0 aliphatic carbocycles. The summed E-state index contributed by atoms with van der Waals surface area (Å²) in [7, 11) is 0. The third-order valence-corrected chi connectivity index (χ3v) is 5.79. The van der Waals surface area contributed by atoms with Gasteiger partial charge in [0.25, 0.3) is 0 Å². The van der Waals surface area contributed by atoms with Crippen LogP contribution in [0.2, 0.25) is 4.34 Å². The van der Waals surface area contributed by atoms with Crippen molar-refractivity contribution < 1.29 is 4.79 Å². The van der Waals surface area contributed by atoms with Crippen LogP contribution in [0.3, 0.4) is 0 Å². The third-order valence-electron chi connectivity index (χ3n) is 4.58. The predicted molar refractivity (Wildman–Crippen MR) is 108 cm³/mol. The molecule has 2 aromatic heterocycles. The van der Waals surface area contributed by atoms with E-state index in [1.54, 1.807) is 4.90 Å². The molecule has 1 saturated heterocycles. The summed E-state index contributed by atoms with van der Waals surface area (Å²) in [5, 5.41) is 3.02. The number of urea groups is 1. The Morgan fingerprint density at radius 1 is 1.31 bits per heavy atom. The zero-order chi connectivity index (χ0) is 18.4. The maximum Gasteiger partial charge on any atom is 0.317 e. The van der Waals surface area contributed by atoms with Gasteiger partial charge < -0.3 is 15.1 Å². The molecule has 140 valence electrons. The van der Waals surface area contributed by atoms with Gasteiger partial charge in [0.2, 0.25) is 0 Å². The Balaban J connectivity index is 1.56. The quantitative estimate of drug-likeness (QED) is 0.786. The highest BCUT2D eigenvalue weighted by Gasteiger charge is 2.15. The van der Waals surface area contributed by atoms with Crippen molar-refractivity contribution in [1.29, 1.82) is 0 Å². The van der Waals surface area contributed by atoms with Crippen molar-refractivity contribution in [1.82, 2.24) is 15.2 Å². The number of piperidine rings is 1. The van der Waals surface area contributed by atoms with E-state index < -0.39 is 0 Å². The molecule has 2 amide bonds. The first-order valence-corrected chi connectivity index (χ1v) is 10.3. The minimum absolute atomic E-state index is 0.0617. The number of anilines is 1. The number of pyridine rings is 1. The number of nitrogens with zero attached hydrogens (tertiary/aromatic N) is 3. The number of hydrogen-bond acceptors (Lipinski definition) is 4. The normalized spacial score (nSPS) is 14.3. The first-order valence-electron chi connectivity index (χ1n) is 9.12. The number of aromatic nitrogens is 1. The van der Waals surface area contributed by atoms with Crippen LogP contribution in [0, 0.1) is 0 Å². The van der Waals surface area contributed by atoms with E-state index in [1.807, 2.05) is 31.3 Å². The average Bonchev–Trinajstić information content (AvgIpc) is 3.10. The SMILES string of the molecule is CCN(Cc1ccc(Cl)s1)C(=O)NCc1ccnc(N2CCCCC2)c1. The Bertz CT molecular complexity index is 730. The molecule has 5 nitrogen and oxygen atoms in total. The summed E-state index contributed by atoms with van der Waals surface area (Å²) < 4.78 is 0.749. The molecule has 0 radical (unpaired) electrons. The van der Waals surface area contributed by atoms with Crippen LogP contribution in [0.15, 0.2) is 30.5 Å². The van der Waals surface area contributed by atoms with Crippen LogP contribution in [0.1, 0.15) is 36.6 Å². The molecule has 0 aromatic carbocycles. The number of amides is 2. The second-order valence-electron chi connectivity index (χ2n) is 6.45. The third kappa shape index (κ3) is 5.11. The molecular formula is C19H25ClN4OS.